The average Bonchev–Trinajstić information content (AvgIpc) is 3.36. The zero-order valence-electron chi connectivity index (χ0n) is 25.5. The lowest BCUT2D eigenvalue weighted by molar-refractivity contribution is -0.275. The fraction of sp³-hybridized carbons (Fsp3) is 0.357. The molecule has 3 heterocycles. The van der Waals surface area contributed by atoms with Crippen LogP contribution in [-0.4, -0.2) is 95.3 Å². The lowest BCUT2D eigenvalue weighted by Crippen LogP contribution is -2.63. The number of benzene rings is 2. The molecule has 1 unspecified atom stereocenters. The van der Waals surface area contributed by atoms with Crippen LogP contribution in [0.5, 0.6) is 11.5 Å². The van der Waals surface area contributed by atoms with Crippen LogP contribution in [0.2, 0.25) is 0 Å². The molecule has 5 rings (SSSR count). The quantitative estimate of drug-likeness (QED) is 0.292. The highest BCUT2D eigenvalue weighted by Crippen LogP contribution is 2.42. The summed E-state index contributed by atoms with van der Waals surface area (Å²) in [5, 5.41) is 15.6. The first-order valence-corrected chi connectivity index (χ1v) is 16.6. The highest BCUT2D eigenvalue weighted by atomic mass is 32.2. The number of thioether (sulfide) groups is 1. The number of nitrogens with zero attached hydrogens (tertiary/aromatic N) is 5. The van der Waals surface area contributed by atoms with Gasteiger partial charge < -0.3 is 24.8 Å². The fourth-order valence-corrected chi connectivity index (χ4v) is 8.14. The van der Waals surface area contributed by atoms with E-state index in [4.69, 9.17) is 5.11 Å². The van der Waals surface area contributed by atoms with E-state index in [1.165, 1.54) is 18.3 Å². The molecule has 2 N–H and O–H groups in total. The Labute approximate surface area is 283 Å². The molecule has 2 atom stereocenters. The Morgan fingerprint density at radius 3 is 2.12 bits per heavy atom. The highest BCUT2D eigenvalue weighted by Gasteiger charge is 2.45. The number of carbonyl (C=O) groups is 2. The van der Waals surface area contributed by atoms with Crippen molar-refractivity contribution in [3.8, 4) is 11.5 Å². The number of anilines is 1. The number of sulfonamides is 1. The second-order valence-electron chi connectivity index (χ2n) is 10.8. The van der Waals surface area contributed by atoms with Crippen LogP contribution in [0.1, 0.15) is 5.56 Å². The monoisotopic (exact) mass is 752 g/mol. The molecular weight excluding hydrogens is 726 g/mol. The molecular formula is C28H26F6N6O8S2. The van der Waals surface area contributed by atoms with E-state index in [-0.39, 0.29) is 31.9 Å². The number of alkyl halides is 6. The molecule has 0 saturated carbocycles. The summed E-state index contributed by atoms with van der Waals surface area (Å²) >= 11 is 1.16. The first-order valence-electron chi connectivity index (χ1n) is 14.3. The summed E-state index contributed by atoms with van der Waals surface area (Å²) in [6, 6.07) is 6.57. The van der Waals surface area contributed by atoms with Crippen LogP contribution in [0.15, 0.2) is 69.3 Å². The van der Waals surface area contributed by atoms with E-state index >= 15 is 0 Å². The molecule has 3 aromatic rings. The number of aliphatic carboxylic acids is 1. The number of hydrogen-bond acceptors (Lipinski definition) is 11. The fourth-order valence-electron chi connectivity index (χ4n) is 5.29. The molecule has 1 saturated heterocycles. The molecule has 1 aromatic heterocycles. The van der Waals surface area contributed by atoms with Crippen molar-refractivity contribution in [1.29, 1.82) is 0 Å². The number of amides is 1. The zero-order valence-corrected chi connectivity index (χ0v) is 27.1. The minimum Gasteiger partial charge on any atom is -0.480 e. The van der Waals surface area contributed by atoms with Crippen molar-refractivity contribution in [3.63, 3.8) is 0 Å². The van der Waals surface area contributed by atoms with E-state index in [0.717, 1.165) is 57.1 Å². The zero-order chi connectivity index (χ0) is 36.6. The predicted octanol–water partition coefficient (Wildman–Crippen LogP) is 2.64. The van der Waals surface area contributed by atoms with Crippen LogP contribution < -0.4 is 25.2 Å². The van der Waals surface area contributed by atoms with Gasteiger partial charge in [-0.3, -0.25) is 19.3 Å². The number of aromatic nitrogens is 2. The first-order chi connectivity index (χ1) is 23.3. The van der Waals surface area contributed by atoms with E-state index in [2.05, 4.69) is 19.9 Å². The number of piperazine rings is 1. The molecule has 1 amide bonds. The number of fused-ring (bicyclic) bond motifs is 1. The van der Waals surface area contributed by atoms with Crippen LogP contribution in [0.4, 0.5) is 32.0 Å². The molecule has 2 aliphatic rings. The molecule has 0 aliphatic carbocycles. The van der Waals surface area contributed by atoms with Gasteiger partial charge in [-0.25, -0.2) is 13.1 Å². The number of carbonyl (C=O) groups excluding carboxylic acids is 1. The second-order valence-corrected chi connectivity index (χ2v) is 13.8. The topological polar surface area (TPSA) is 164 Å². The Balaban J connectivity index is 1.39. The second kappa shape index (κ2) is 14.0. The molecule has 0 bridgehead atoms. The average molecular weight is 753 g/mol. The van der Waals surface area contributed by atoms with Crippen LogP contribution >= 0.6 is 11.8 Å². The van der Waals surface area contributed by atoms with Crippen molar-refractivity contribution in [3.05, 3.63) is 70.6 Å². The number of rotatable bonds is 10. The molecule has 2 aromatic carbocycles. The van der Waals surface area contributed by atoms with Crippen LogP contribution in [-0.2, 0) is 32.7 Å². The smallest absolute Gasteiger partial charge is 0.480 e. The molecule has 0 radical (unpaired) electrons. The SMILES string of the molecule is CN1c2c(cnn(CC(=O)O)c2=O)SC1N1CCN(S(=O)(=O)c2ccc(OC(F)(F)F)cc2)[C@@H](C(=O)NCc2ccc(OC(F)(F)F)cc2)C1. The van der Waals surface area contributed by atoms with Crippen molar-refractivity contribution >= 4 is 39.3 Å². The van der Waals surface area contributed by atoms with Crippen molar-refractivity contribution in [2.75, 3.05) is 31.6 Å². The minimum absolute atomic E-state index is 0.0195. The van der Waals surface area contributed by atoms with Gasteiger partial charge in [-0.1, -0.05) is 23.9 Å². The molecule has 1 fully saturated rings. The summed E-state index contributed by atoms with van der Waals surface area (Å²) in [5.74, 6) is -3.26. The standard InChI is InChI=1S/C28H26F6N6O8S2/c1-37-23-21(13-36-39(25(23)44)15-22(41)42)49-26(37)38-10-11-40(50(45,46)19-8-6-18(7-9-19)48-28(32,33)34)20(14-38)24(43)35-12-16-2-4-17(5-3-16)47-27(29,30)31/h2-9,13,20,26H,10-12,14-15H2,1H3,(H,35,43)(H,41,42)/t20-,26?/m1/s1. The van der Waals surface area contributed by atoms with E-state index in [0.29, 0.717) is 10.5 Å². The van der Waals surface area contributed by atoms with Gasteiger partial charge in [0.1, 0.15) is 35.3 Å². The van der Waals surface area contributed by atoms with Crippen LogP contribution in [0.25, 0.3) is 0 Å². The third-order valence-corrected chi connectivity index (χ3v) is 10.8. The number of carboxylic acids is 1. The van der Waals surface area contributed by atoms with Crippen molar-refractivity contribution in [2.24, 2.45) is 0 Å². The maximum absolute atomic E-state index is 13.8. The lowest BCUT2D eigenvalue weighted by atomic mass is 10.1. The van der Waals surface area contributed by atoms with Gasteiger partial charge in [-0.2, -0.15) is 9.40 Å². The normalized spacial score (nSPS) is 18.8. The van der Waals surface area contributed by atoms with Crippen LogP contribution in [0, 0.1) is 0 Å². The molecule has 14 nitrogen and oxygen atoms in total. The largest absolute Gasteiger partial charge is 0.573 e. The number of halogens is 6. The summed E-state index contributed by atoms with van der Waals surface area (Å²) in [7, 11) is -2.95. The molecule has 22 heteroatoms. The number of carboxylic acid groups (broad SMARTS) is 1. The maximum Gasteiger partial charge on any atom is 0.573 e. The first kappa shape index (κ1) is 36.7. The van der Waals surface area contributed by atoms with Gasteiger partial charge in [0.15, 0.2) is 0 Å². The number of nitrogens with one attached hydrogen (secondary N) is 1. The van der Waals surface area contributed by atoms with Crippen molar-refractivity contribution in [2.45, 2.75) is 47.1 Å². The van der Waals surface area contributed by atoms with E-state index in [1.807, 2.05) is 0 Å². The summed E-state index contributed by atoms with van der Waals surface area (Å²) < 4.78 is 113. The van der Waals surface area contributed by atoms with Gasteiger partial charge in [-0.05, 0) is 42.0 Å². The van der Waals surface area contributed by atoms with Gasteiger partial charge in [0.05, 0.1) is 16.0 Å². The Bertz CT molecular complexity index is 1910. The summed E-state index contributed by atoms with van der Waals surface area (Å²) in [4.78, 5) is 41.2. The third kappa shape index (κ3) is 8.42. The molecule has 2 aliphatic heterocycles. The van der Waals surface area contributed by atoms with Gasteiger partial charge in [0, 0.05) is 33.2 Å². The summed E-state index contributed by atoms with van der Waals surface area (Å²) in [6.45, 7) is -1.42. The molecule has 50 heavy (non-hydrogen) atoms. The van der Waals surface area contributed by atoms with Crippen molar-refractivity contribution < 1.29 is 58.9 Å². The van der Waals surface area contributed by atoms with E-state index in [1.54, 1.807) is 16.8 Å². The molecule has 0 spiro atoms. The summed E-state index contributed by atoms with van der Waals surface area (Å²) in [5.41, 5.74) is -0.851. The minimum atomic E-state index is -5.02. The lowest BCUT2D eigenvalue weighted by Gasteiger charge is -2.43. The van der Waals surface area contributed by atoms with E-state index < -0.39 is 74.7 Å². The third-order valence-electron chi connectivity index (χ3n) is 7.45. The Morgan fingerprint density at radius 2 is 1.56 bits per heavy atom. The summed E-state index contributed by atoms with van der Waals surface area (Å²) in [6.07, 6.45) is -8.61. The van der Waals surface area contributed by atoms with Gasteiger partial charge in [0.2, 0.25) is 15.9 Å². The highest BCUT2D eigenvalue weighted by molar-refractivity contribution is 8.00. The van der Waals surface area contributed by atoms with E-state index in [9.17, 15) is 49.1 Å². The van der Waals surface area contributed by atoms with Gasteiger partial charge >= 0.3 is 18.7 Å². The maximum atomic E-state index is 13.8. The Morgan fingerprint density at radius 1 is 0.980 bits per heavy atom. The molecule has 270 valence electrons. The predicted molar refractivity (Wildman–Crippen MR) is 162 cm³/mol. The van der Waals surface area contributed by atoms with Gasteiger partial charge in [0.25, 0.3) is 5.56 Å². The van der Waals surface area contributed by atoms with Crippen LogP contribution in [0.3, 0.4) is 0 Å². The Hall–Kier alpha value is -4.54. The van der Waals surface area contributed by atoms with Gasteiger partial charge in [-0.15, -0.1) is 26.3 Å². The Kier molecular flexibility index (Phi) is 10.3. The number of hydrogen-bond donors (Lipinski definition) is 2. The number of ether oxygens (including phenoxy) is 2. The van der Waals surface area contributed by atoms with Crippen molar-refractivity contribution in [1.82, 2.24) is 24.3 Å².